The molecule has 2 N–H and O–H groups in total. The summed E-state index contributed by atoms with van der Waals surface area (Å²) in [5.74, 6) is -0.161. The van der Waals surface area contributed by atoms with Gasteiger partial charge in [-0.1, -0.05) is 6.07 Å². The summed E-state index contributed by atoms with van der Waals surface area (Å²) in [6.07, 6.45) is 0. The highest BCUT2D eigenvalue weighted by atomic mass is 32.1. The average molecular weight is 235 g/mol. The van der Waals surface area contributed by atoms with Gasteiger partial charge < -0.3 is 5.73 Å². The Morgan fingerprint density at radius 2 is 2.06 bits per heavy atom. The molecule has 1 nitrogen and oxygen atoms in total. The molecule has 2 rings (SSSR count). The lowest BCUT2D eigenvalue weighted by molar-refractivity contribution is 0.619. The van der Waals surface area contributed by atoms with Gasteiger partial charge in [0, 0.05) is 11.4 Å². The zero-order valence-corrected chi connectivity index (χ0v) is 10.2. The highest BCUT2D eigenvalue weighted by Crippen LogP contribution is 2.32. The van der Waals surface area contributed by atoms with E-state index < -0.39 is 0 Å². The Morgan fingerprint density at radius 1 is 1.31 bits per heavy atom. The Kier molecular flexibility index (Phi) is 3.08. The van der Waals surface area contributed by atoms with E-state index in [0.29, 0.717) is 12.1 Å². The Labute approximate surface area is 98.7 Å². The maximum atomic E-state index is 13.2. The molecule has 1 heterocycles. The molecule has 0 spiro atoms. The van der Waals surface area contributed by atoms with Crippen LogP contribution < -0.4 is 5.73 Å². The molecule has 1 aromatic heterocycles. The summed E-state index contributed by atoms with van der Waals surface area (Å²) in [7, 11) is 0. The van der Waals surface area contributed by atoms with Crippen molar-refractivity contribution in [3.8, 4) is 11.1 Å². The first-order valence-electron chi connectivity index (χ1n) is 5.17. The van der Waals surface area contributed by atoms with Crippen molar-refractivity contribution < 1.29 is 4.39 Å². The molecule has 0 unspecified atom stereocenters. The summed E-state index contributed by atoms with van der Waals surface area (Å²) in [6, 6.07) is 5.21. The van der Waals surface area contributed by atoms with E-state index in [4.69, 9.17) is 5.73 Å². The fraction of sp³-hybridized carbons (Fsp3) is 0.231. The minimum atomic E-state index is -0.161. The molecule has 0 radical (unpaired) electrons. The maximum absolute atomic E-state index is 13.2. The highest BCUT2D eigenvalue weighted by molar-refractivity contribution is 7.10. The Bertz CT molecular complexity index is 517. The lowest BCUT2D eigenvalue weighted by Gasteiger charge is -2.06. The van der Waals surface area contributed by atoms with E-state index in [9.17, 15) is 4.39 Å². The molecule has 0 aliphatic heterocycles. The third-order valence-corrected chi connectivity index (χ3v) is 3.68. The van der Waals surface area contributed by atoms with Crippen LogP contribution in [0.1, 0.15) is 16.0 Å². The van der Waals surface area contributed by atoms with Gasteiger partial charge in [0.1, 0.15) is 5.82 Å². The summed E-state index contributed by atoms with van der Waals surface area (Å²) >= 11 is 1.69. The highest BCUT2D eigenvalue weighted by Gasteiger charge is 2.10. The summed E-state index contributed by atoms with van der Waals surface area (Å²) in [6.45, 7) is 4.37. The predicted molar refractivity (Wildman–Crippen MR) is 67.1 cm³/mol. The number of hydrogen-bond acceptors (Lipinski definition) is 2. The maximum Gasteiger partial charge on any atom is 0.126 e. The standard InChI is InChI=1S/C13H14FNS/c1-8-5-10(3-4-12(8)14)13-9(2)16-7-11(13)6-15/h3-5,7H,6,15H2,1-2H3. The summed E-state index contributed by atoms with van der Waals surface area (Å²) in [5.41, 5.74) is 9.72. The first-order valence-corrected chi connectivity index (χ1v) is 6.05. The summed E-state index contributed by atoms with van der Waals surface area (Å²) in [4.78, 5) is 1.23. The number of aryl methyl sites for hydroxylation is 2. The summed E-state index contributed by atoms with van der Waals surface area (Å²) in [5, 5.41) is 2.07. The fourth-order valence-electron chi connectivity index (χ4n) is 1.84. The van der Waals surface area contributed by atoms with E-state index in [-0.39, 0.29) is 5.82 Å². The van der Waals surface area contributed by atoms with Crippen molar-refractivity contribution in [2.75, 3.05) is 0 Å². The molecule has 84 valence electrons. The lowest BCUT2D eigenvalue weighted by atomic mass is 10.0. The number of rotatable bonds is 2. The topological polar surface area (TPSA) is 26.0 Å². The average Bonchev–Trinajstić information content (AvgIpc) is 2.64. The third kappa shape index (κ3) is 1.88. The summed E-state index contributed by atoms with van der Waals surface area (Å²) < 4.78 is 13.2. The normalized spacial score (nSPS) is 10.8. The number of thiophene rings is 1. The van der Waals surface area contributed by atoms with E-state index in [1.807, 2.05) is 12.1 Å². The van der Waals surface area contributed by atoms with Gasteiger partial charge >= 0.3 is 0 Å². The van der Waals surface area contributed by atoms with Gasteiger partial charge in [-0.3, -0.25) is 0 Å². The molecule has 0 saturated carbocycles. The molecule has 0 amide bonds. The van der Waals surface area contributed by atoms with Crippen LogP contribution in [0.3, 0.4) is 0 Å². The van der Waals surface area contributed by atoms with E-state index in [0.717, 1.165) is 16.7 Å². The van der Waals surface area contributed by atoms with Gasteiger partial charge in [0.05, 0.1) is 0 Å². The number of halogens is 1. The predicted octanol–water partition coefficient (Wildman–Crippen LogP) is 3.63. The lowest BCUT2D eigenvalue weighted by Crippen LogP contribution is -1.97. The molecule has 16 heavy (non-hydrogen) atoms. The van der Waals surface area contributed by atoms with Crippen LogP contribution in [0, 0.1) is 19.7 Å². The van der Waals surface area contributed by atoms with E-state index in [1.165, 1.54) is 10.9 Å². The van der Waals surface area contributed by atoms with Crippen LogP contribution >= 0.6 is 11.3 Å². The van der Waals surface area contributed by atoms with Crippen LogP contribution in [0.2, 0.25) is 0 Å². The Morgan fingerprint density at radius 3 is 2.69 bits per heavy atom. The number of hydrogen-bond donors (Lipinski definition) is 1. The first-order chi connectivity index (χ1) is 7.63. The molecule has 3 heteroatoms. The van der Waals surface area contributed by atoms with Gasteiger partial charge in [-0.2, -0.15) is 0 Å². The van der Waals surface area contributed by atoms with E-state index in [2.05, 4.69) is 12.3 Å². The van der Waals surface area contributed by atoms with Gasteiger partial charge in [0.25, 0.3) is 0 Å². The van der Waals surface area contributed by atoms with Gasteiger partial charge in [-0.05, 0) is 53.6 Å². The molecule has 2 aromatic rings. The second-order valence-electron chi connectivity index (χ2n) is 3.86. The van der Waals surface area contributed by atoms with Crippen molar-refractivity contribution in [1.82, 2.24) is 0 Å². The van der Waals surface area contributed by atoms with Crippen molar-refractivity contribution in [3.63, 3.8) is 0 Å². The van der Waals surface area contributed by atoms with E-state index in [1.54, 1.807) is 18.3 Å². The molecular weight excluding hydrogens is 221 g/mol. The Balaban J connectivity index is 2.57. The number of benzene rings is 1. The van der Waals surface area contributed by atoms with Crippen LogP contribution in [0.15, 0.2) is 23.6 Å². The first kappa shape index (κ1) is 11.3. The second kappa shape index (κ2) is 4.36. The molecule has 0 fully saturated rings. The fourth-order valence-corrected chi connectivity index (χ4v) is 2.74. The molecule has 1 aromatic carbocycles. The minimum Gasteiger partial charge on any atom is -0.326 e. The molecule has 0 saturated heterocycles. The van der Waals surface area contributed by atoms with Crippen LogP contribution in [-0.2, 0) is 6.54 Å². The smallest absolute Gasteiger partial charge is 0.126 e. The van der Waals surface area contributed by atoms with Crippen molar-refractivity contribution in [2.45, 2.75) is 20.4 Å². The molecule has 0 aliphatic rings. The van der Waals surface area contributed by atoms with Crippen LogP contribution in [0.5, 0.6) is 0 Å². The third-order valence-electron chi connectivity index (χ3n) is 2.72. The molecule has 0 atom stereocenters. The largest absolute Gasteiger partial charge is 0.326 e. The van der Waals surface area contributed by atoms with Crippen molar-refractivity contribution in [1.29, 1.82) is 0 Å². The van der Waals surface area contributed by atoms with Crippen LogP contribution in [-0.4, -0.2) is 0 Å². The zero-order valence-electron chi connectivity index (χ0n) is 9.38. The monoisotopic (exact) mass is 235 g/mol. The Hall–Kier alpha value is -1.19. The van der Waals surface area contributed by atoms with Crippen molar-refractivity contribution in [3.05, 3.63) is 45.4 Å². The van der Waals surface area contributed by atoms with Crippen LogP contribution in [0.25, 0.3) is 11.1 Å². The number of nitrogens with two attached hydrogens (primary N) is 1. The van der Waals surface area contributed by atoms with Gasteiger partial charge in [-0.25, -0.2) is 4.39 Å². The zero-order chi connectivity index (χ0) is 11.7. The van der Waals surface area contributed by atoms with Crippen LogP contribution in [0.4, 0.5) is 4.39 Å². The molecular formula is C13H14FNS. The molecule has 0 aliphatic carbocycles. The van der Waals surface area contributed by atoms with Crippen molar-refractivity contribution >= 4 is 11.3 Å². The molecule has 0 bridgehead atoms. The second-order valence-corrected chi connectivity index (χ2v) is 4.94. The van der Waals surface area contributed by atoms with Gasteiger partial charge in [0.2, 0.25) is 0 Å². The minimum absolute atomic E-state index is 0.161. The quantitative estimate of drug-likeness (QED) is 0.845. The van der Waals surface area contributed by atoms with Gasteiger partial charge in [0.15, 0.2) is 0 Å². The SMILES string of the molecule is Cc1cc(-c2c(CN)csc2C)ccc1F. The van der Waals surface area contributed by atoms with E-state index >= 15 is 0 Å². The van der Waals surface area contributed by atoms with Crippen molar-refractivity contribution in [2.24, 2.45) is 5.73 Å². The van der Waals surface area contributed by atoms with Gasteiger partial charge in [-0.15, -0.1) is 11.3 Å².